The molecule has 0 heterocycles. The van der Waals surface area contributed by atoms with Crippen LogP contribution in [0.25, 0.3) is 0 Å². The van der Waals surface area contributed by atoms with Crippen molar-refractivity contribution in [3.8, 4) is 24.2 Å². The summed E-state index contributed by atoms with van der Waals surface area (Å²) < 4.78 is 5.54. The molecule has 7 nitrogen and oxygen atoms in total. The number of terminal acetylenes is 1. The maximum absolute atomic E-state index is 12.1. The smallest absolute Gasteiger partial charge is 0.303 e. The number of nitriles is 1. The molecule has 1 unspecified atom stereocenters. The Bertz CT molecular complexity index is 728. The minimum atomic E-state index is -1.39. The topological polar surface area (TPSA) is 116 Å². The zero-order valence-corrected chi connectivity index (χ0v) is 14.9. The number of ether oxygens (including phenoxy) is 1. The van der Waals surface area contributed by atoms with Gasteiger partial charge in [-0.2, -0.15) is 5.26 Å². The van der Waals surface area contributed by atoms with Crippen LogP contribution in [0, 0.1) is 29.6 Å². The fourth-order valence-corrected chi connectivity index (χ4v) is 2.21. The first kappa shape index (κ1) is 21.7. The molecule has 27 heavy (non-hydrogen) atoms. The van der Waals surface area contributed by atoms with Gasteiger partial charge in [0.1, 0.15) is 5.75 Å². The van der Waals surface area contributed by atoms with Gasteiger partial charge in [0.25, 0.3) is 0 Å². The number of hydrogen-bond donors (Lipinski definition) is 2. The minimum absolute atomic E-state index is 0.0125. The molecule has 0 aliphatic heterocycles. The molecule has 0 spiro atoms. The number of carboxylic acids is 1. The number of Topliss-reactive ketones (excluding diaryl/α,β-unsaturated/α-hetero) is 1. The molecule has 0 aliphatic carbocycles. The largest absolute Gasteiger partial charge is 0.494 e. The van der Waals surface area contributed by atoms with Crippen molar-refractivity contribution in [1.82, 2.24) is 0 Å². The summed E-state index contributed by atoms with van der Waals surface area (Å²) >= 11 is 0. The number of rotatable bonds is 12. The van der Waals surface area contributed by atoms with Crippen LogP contribution in [0.2, 0.25) is 0 Å². The highest BCUT2D eigenvalue weighted by atomic mass is 16.5. The van der Waals surface area contributed by atoms with Gasteiger partial charge in [-0.25, -0.2) is 0 Å². The molecule has 142 valence electrons. The molecule has 1 atom stereocenters. The number of unbranched alkanes of at least 4 members (excludes halogenated alkanes) is 2. The Labute approximate surface area is 158 Å². The second-order valence-corrected chi connectivity index (χ2v) is 5.80. The molecule has 0 saturated heterocycles. The molecule has 2 N–H and O–H groups in total. The summed E-state index contributed by atoms with van der Waals surface area (Å²) in [4.78, 5) is 34.3. The lowest BCUT2D eigenvalue weighted by Crippen LogP contribution is -2.28. The molecule has 7 heteroatoms. The van der Waals surface area contributed by atoms with Crippen LogP contribution in [-0.2, 0) is 14.4 Å². The summed E-state index contributed by atoms with van der Waals surface area (Å²) in [5.41, 5.74) is 0.443. The van der Waals surface area contributed by atoms with E-state index in [1.165, 1.54) is 0 Å². The van der Waals surface area contributed by atoms with Crippen molar-refractivity contribution in [2.45, 2.75) is 38.5 Å². The molecule has 1 aromatic carbocycles. The summed E-state index contributed by atoms with van der Waals surface area (Å²) in [7, 11) is 0. The Morgan fingerprint density at radius 3 is 2.44 bits per heavy atom. The van der Waals surface area contributed by atoms with Crippen LogP contribution in [0.3, 0.4) is 0 Å². The van der Waals surface area contributed by atoms with E-state index in [0.717, 1.165) is 12.8 Å². The minimum Gasteiger partial charge on any atom is -0.494 e. The number of carbonyl (C=O) groups is 3. The predicted molar refractivity (Wildman–Crippen MR) is 98.8 cm³/mol. The highest BCUT2D eigenvalue weighted by molar-refractivity contribution is 6.09. The molecule has 1 rings (SSSR count). The third-order valence-corrected chi connectivity index (χ3v) is 3.65. The van der Waals surface area contributed by atoms with Gasteiger partial charge >= 0.3 is 5.97 Å². The maximum Gasteiger partial charge on any atom is 0.303 e. The van der Waals surface area contributed by atoms with Crippen molar-refractivity contribution >= 4 is 23.3 Å². The van der Waals surface area contributed by atoms with Gasteiger partial charge in [0, 0.05) is 24.9 Å². The number of benzene rings is 1. The number of amides is 1. The fourth-order valence-electron chi connectivity index (χ4n) is 2.21. The third kappa shape index (κ3) is 8.55. The Kier molecular flexibility index (Phi) is 9.74. The van der Waals surface area contributed by atoms with E-state index < -0.39 is 23.6 Å². The molecule has 0 saturated carbocycles. The first-order valence-electron chi connectivity index (χ1n) is 8.59. The lowest BCUT2D eigenvalue weighted by atomic mass is 10.0. The van der Waals surface area contributed by atoms with E-state index in [-0.39, 0.29) is 19.3 Å². The summed E-state index contributed by atoms with van der Waals surface area (Å²) in [5, 5.41) is 20.1. The van der Waals surface area contributed by atoms with Crippen molar-refractivity contribution < 1.29 is 24.2 Å². The molecule has 0 aliphatic rings. The van der Waals surface area contributed by atoms with Crippen LogP contribution in [0.15, 0.2) is 24.3 Å². The van der Waals surface area contributed by atoms with E-state index in [4.69, 9.17) is 21.5 Å². The first-order valence-corrected chi connectivity index (χ1v) is 8.59. The molecular formula is C20H22N2O5. The van der Waals surface area contributed by atoms with Gasteiger partial charge in [-0.1, -0.05) is 0 Å². The second kappa shape index (κ2) is 12.1. The van der Waals surface area contributed by atoms with Crippen LogP contribution in [0.1, 0.15) is 38.5 Å². The zero-order valence-electron chi connectivity index (χ0n) is 14.9. The van der Waals surface area contributed by atoms with Gasteiger partial charge in [-0.15, -0.1) is 12.3 Å². The highest BCUT2D eigenvalue weighted by Gasteiger charge is 2.25. The Balaban J connectivity index is 2.43. The molecule has 1 amide bonds. The summed E-state index contributed by atoms with van der Waals surface area (Å²) in [5.74, 6) is -0.474. The Morgan fingerprint density at radius 2 is 1.85 bits per heavy atom. The number of anilines is 1. The van der Waals surface area contributed by atoms with Crippen molar-refractivity contribution in [2.24, 2.45) is 5.92 Å². The number of ketones is 1. The van der Waals surface area contributed by atoms with E-state index in [2.05, 4.69) is 11.2 Å². The summed E-state index contributed by atoms with van der Waals surface area (Å²) in [6.45, 7) is 0.464. The normalized spacial score (nSPS) is 10.9. The van der Waals surface area contributed by atoms with E-state index in [1.54, 1.807) is 30.3 Å². The van der Waals surface area contributed by atoms with Crippen LogP contribution in [0.4, 0.5) is 5.69 Å². The van der Waals surface area contributed by atoms with Gasteiger partial charge in [0.05, 0.1) is 12.7 Å². The Morgan fingerprint density at radius 1 is 1.15 bits per heavy atom. The monoisotopic (exact) mass is 370 g/mol. The lowest BCUT2D eigenvalue weighted by Gasteiger charge is -2.10. The number of hydrogen-bond acceptors (Lipinski definition) is 5. The average Bonchev–Trinajstić information content (AvgIpc) is 2.64. The quantitative estimate of drug-likeness (QED) is 0.332. The van der Waals surface area contributed by atoms with Gasteiger partial charge in [-0.05, 0) is 43.5 Å². The lowest BCUT2D eigenvalue weighted by molar-refractivity contribution is -0.137. The van der Waals surface area contributed by atoms with E-state index in [1.807, 2.05) is 0 Å². The number of aliphatic carboxylic acids is 1. The van der Waals surface area contributed by atoms with Gasteiger partial charge in [0.2, 0.25) is 5.91 Å². The van der Waals surface area contributed by atoms with Crippen LogP contribution in [-0.4, -0.2) is 29.4 Å². The zero-order chi connectivity index (χ0) is 20.1. The van der Waals surface area contributed by atoms with Gasteiger partial charge in [0.15, 0.2) is 11.7 Å². The molecule has 0 radical (unpaired) electrons. The molecule has 0 bridgehead atoms. The van der Waals surface area contributed by atoms with Crippen LogP contribution < -0.4 is 10.1 Å². The predicted octanol–water partition coefficient (Wildman–Crippen LogP) is 2.77. The van der Waals surface area contributed by atoms with Crippen molar-refractivity contribution in [3.05, 3.63) is 24.3 Å². The first-order chi connectivity index (χ1) is 13.0. The fraction of sp³-hybridized carbons (Fsp3) is 0.400. The average molecular weight is 370 g/mol. The van der Waals surface area contributed by atoms with Crippen molar-refractivity contribution in [2.75, 3.05) is 11.9 Å². The second-order valence-electron chi connectivity index (χ2n) is 5.80. The standard InChI is InChI=1S/C20H22N2O5/c1-2-3-7-18(23)17(14-21)20(26)22-15-9-11-16(12-10-15)27-13-6-4-5-8-19(24)25/h1,9-12,17H,3-8,13H2,(H,22,26)(H,24,25). The SMILES string of the molecule is C#CCCC(=O)C(C#N)C(=O)Nc1ccc(OCCCCCC(=O)O)cc1. The number of carbonyl (C=O) groups excluding carboxylic acids is 2. The van der Waals surface area contributed by atoms with Crippen molar-refractivity contribution in [3.63, 3.8) is 0 Å². The van der Waals surface area contributed by atoms with Crippen molar-refractivity contribution in [1.29, 1.82) is 5.26 Å². The number of nitrogens with zero attached hydrogens (tertiary/aromatic N) is 1. The number of carboxylic acid groups (broad SMARTS) is 1. The summed E-state index contributed by atoms with van der Waals surface area (Å²) in [6, 6.07) is 8.24. The van der Waals surface area contributed by atoms with Crippen LogP contribution >= 0.6 is 0 Å². The van der Waals surface area contributed by atoms with E-state index in [9.17, 15) is 14.4 Å². The molecule has 0 aromatic heterocycles. The van der Waals surface area contributed by atoms with Gasteiger partial charge in [-0.3, -0.25) is 14.4 Å². The van der Waals surface area contributed by atoms with E-state index in [0.29, 0.717) is 24.5 Å². The van der Waals surface area contributed by atoms with Gasteiger partial charge < -0.3 is 15.2 Å². The Hall–Kier alpha value is -3.32. The highest BCUT2D eigenvalue weighted by Crippen LogP contribution is 2.17. The third-order valence-electron chi connectivity index (χ3n) is 3.65. The maximum atomic E-state index is 12.1. The summed E-state index contributed by atoms with van der Waals surface area (Å²) in [6.07, 6.45) is 7.54. The number of nitrogens with one attached hydrogen (secondary N) is 1. The van der Waals surface area contributed by atoms with Crippen LogP contribution in [0.5, 0.6) is 5.75 Å². The molecular weight excluding hydrogens is 348 g/mol. The molecule has 1 aromatic rings. The molecule has 0 fully saturated rings. The van der Waals surface area contributed by atoms with E-state index >= 15 is 0 Å².